The number of anilines is 1. The molecule has 2 saturated heterocycles. The summed E-state index contributed by atoms with van der Waals surface area (Å²) in [4.78, 5) is 12.9. The summed E-state index contributed by atoms with van der Waals surface area (Å²) < 4.78 is 52.4. The van der Waals surface area contributed by atoms with E-state index in [1.165, 1.54) is 10.7 Å². The Kier molecular flexibility index (Phi) is 9.08. The van der Waals surface area contributed by atoms with Crippen molar-refractivity contribution in [2.75, 3.05) is 38.2 Å². The lowest BCUT2D eigenvalue weighted by atomic mass is 10.0. The highest BCUT2D eigenvalue weighted by molar-refractivity contribution is 6.58. The first-order chi connectivity index (χ1) is 17.4. The van der Waals surface area contributed by atoms with Gasteiger partial charge < -0.3 is 23.8 Å². The molecule has 0 amide bonds. The molecule has 1 aromatic carbocycles. The molecule has 36 heavy (non-hydrogen) atoms. The van der Waals surface area contributed by atoms with Crippen LogP contribution in [0.4, 0.5) is 14.5 Å². The van der Waals surface area contributed by atoms with Crippen LogP contribution < -0.4 is 20.8 Å². The Bertz CT molecular complexity index is 1120. The van der Waals surface area contributed by atoms with Gasteiger partial charge in [-0.15, -0.1) is 0 Å². The van der Waals surface area contributed by atoms with Crippen LogP contribution in [0.5, 0.6) is 5.75 Å². The van der Waals surface area contributed by atoms with Crippen LogP contribution in [0, 0.1) is 5.92 Å². The summed E-state index contributed by atoms with van der Waals surface area (Å²) in [7, 11) is -2.55. The fourth-order valence-corrected chi connectivity index (χ4v) is 6.57. The molecule has 2 fully saturated rings. The molecule has 8 nitrogen and oxygen atoms in total. The van der Waals surface area contributed by atoms with Gasteiger partial charge in [0.2, 0.25) is 0 Å². The van der Waals surface area contributed by atoms with Crippen molar-refractivity contribution in [3.63, 3.8) is 0 Å². The number of piperidine rings is 1. The molecule has 1 aromatic heterocycles. The summed E-state index contributed by atoms with van der Waals surface area (Å²) >= 11 is 6.38. The minimum absolute atomic E-state index is 0.0549. The Morgan fingerprint density at radius 2 is 2.08 bits per heavy atom. The van der Waals surface area contributed by atoms with Gasteiger partial charge in [-0.25, -0.2) is 4.68 Å². The Morgan fingerprint density at radius 1 is 1.31 bits per heavy atom. The normalized spacial score (nSPS) is 18.9. The highest BCUT2D eigenvalue weighted by Gasteiger charge is 2.30. The summed E-state index contributed by atoms with van der Waals surface area (Å²) in [5, 5.41) is 7.98. The number of nitrogens with zero attached hydrogens (tertiary/aromatic N) is 3. The van der Waals surface area contributed by atoms with Crippen molar-refractivity contribution in [3.8, 4) is 5.75 Å². The van der Waals surface area contributed by atoms with Crippen molar-refractivity contribution in [2.24, 2.45) is 5.92 Å². The van der Waals surface area contributed by atoms with E-state index in [0.717, 1.165) is 25.0 Å². The van der Waals surface area contributed by atoms with Crippen LogP contribution >= 0.6 is 11.6 Å². The molecule has 1 atom stereocenters. The smallest absolute Gasteiger partial charge is 0.434 e. The van der Waals surface area contributed by atoms with Crippen LogP contribution in [-0.4, -0.2) is 62.7 Å². The molecule has 0 saturated carbocycles. The number of aromatic nitrogens is 2. The van der Waals surface area contributed by atoms with Gasteiger partial charge >= 0.3 is 15.5 Å². The third-order valence-electron chi connectivity index (χ3n) is 6.78. The Balaban J connectivity index is 1.40. The molecule has 0 radical (unpaired) electrons. The monoisotopic (exact) mass is 540 g/mol. The van der Waals surface area contributed by atoms with Gasteiger partial charge in [0, 0.05) is 26.2 Å². The van der Waals surface area contributed by atoms with Crippen molar-refractivity contribution in [2.45, 2.75) is 51.7 Å². The number of hydrogen-bond donors (Lipinski definition) is 1. The number of alkyl halides is 2. The highest BCUT2D eigenvalue weighted by Crippen LogP contribution is 2.24. The van der Waals surface area contributed by atoms with Crippen molar-refractivity contribution in [1.29, 1.82) is 0 Å². The maximum absolute atomic E-state index is 13.3. The van der Waals surface area contributed by atoms with E-state index in [4.69, 9.17) is 16.3 Å². The number of rotatable bonds is 9. The number of halogens is 3. The quantitative estimate of drug-likeness (QED) is 0.488. The zero-order valence-electron chi connectivity index (χ0n) is 20.2. The van der Waals surface area contributed by atoms with Gasteiger partial charge in [-0.1, -0.05) is 24.6 Å². The van der Waals surface area contributed by atoms with E-state index in [1.807, 2.05) is 6.92 Å². The first kappa shape index (κ1) is 26.7. The largest absolute Gasteiger partial charge is 0.434 e. The van der Waals surface area contributed by atoms with Crippen molar-refractivity contribution >= 4 is 31.3 Å². The Hall–Kier alpha value is -2.37. The molecule has 0 bridgehead atoms. The van der Waals surface area contributed by atoms with E-state index in [9.17, 15) is 18.0 Å². The Morgan fingerprint density at radius 3 is 2.75 bits per heavy atom. The van der Waals surface area contributed by atoms with Gasteiger partial charge in [0.15, 0.2) is 0 Å². The third-order valence-corrected chi connectivity index (χ3v) is 9.01. The van der Waals surface area contributed by atoms with E-state index < -0.39 is 15.5 Å². The van der Waals surface area contributed by atoms with Crippen molar-refractivity contribution in [3.05, 3.63) is 45.3 Å². The lowest BCUT2D eigenvalue weighted by Crippen LogP contribution is -2.47. The van der Waals surface area contributed by atoms with Crippen LogP contribution in [0.3, 0.4) is 0 Å². The van der Waals surface area contributed by atoms with Gasteiger partial charge in [-0.2, -0.15) is 13.9 Å². The first-order valence-electron chi connectivity index (χ1n) is 12.3. The second kappa shape index (κ2) is 12.2. The SMILES string of the molecule is CCc1ccc(OC(F)F)c([Si](=O)N2CCC(n3ncc(NC[C@H]4CCCOC4)c(Cl)c3=O)CC2)c1. The molecule has 0 unspecified atom stereocenters. The Labute approximate surface area is 215 Å². The number of hydrogen-bond acceptors (Lipinski definition) is 6. The molecule has 0 spiro atoms. The first-order valence-corrected chi connectivity index (χ1v) is 14.1. The molecule has 0 aliphatic carbocycles. The molecule has 196 valence electrons. The number of benzene rings is 1. The highest BCUT2D eigenvalue weighted by atomic mass is 35.5. The van der Waals surface area contributed by atoms with Crippen molar-refractivity contribution in [1.82, 2.24) is 14.3 Å². The predicted molar refractivity (Wildman–Crippen MR) is 134 cm³/mol. The van der Waals surface area contributed by atoms with E-state index in [-0.39, 0.29) is 22.4 Å². The second-order valence-corrected chi connectivity index (χ2v) is 11.3. The minimum Gasteiger partial charge on any atom is -0.434 e. The van der Waals surface area contributed by atoms with Crippen LogP contribution in [0.25, 0.3) is 0 Å². The topological polar surface area (TPSA) is 85.7 Å². The van der Waals surface area contributed by atoms with Gasteiger partial charge in [-0.05, 0) is 55.7 Å². The van der Waals surface area contributed by atoms with Crippen LogP contribution in [0.2, 0.25) is 5.02 Å². The van der Waals surface area contributed by atoms with Crippen LogP contribution in [-0.2, 0) is 15.6 Å². The summed E-state index contributed by atoms with van der Waals surface area (Å²) in [5.74, 6) is 0.315. The molecule has 2 aliphatic rings. The lowest BCUT2D eigenvalue weighted by molar-refractivity contribution is -0.0492. The van der Waals surface area contributed by atoms with E-state index in [1.54, 1.807) is 22.9 Å². The molecule has 12 heteroatoms. The van der Waals surface area contributed by atoms with Gasteiger partial charge in [-0.3, -0.25) is 4.79 Å². The van der Waals surface area contributed by atoms with E-state index in [2.05, 4.69) is 15.2 Å². The molecule has 1 N–H and O–H groups in total. The van der Waals surface area contributed by atoms with Gasteiger partial charge in [0.05, 0.1) is 29.7 Å². The summed E-state index contributed by atoms with van der Waals surface area (Å²) in [6.07, 6.45) is 5.42. The molecular weight excluding hydrogens is 510 g/mol. The predicted octanol–water partition coefficient (Wildman–Crippen LogP) is 3.36. The standard InChI is InChI=1S/C24H31ClF2N4O4Si/c1-2-16-5-6-20(35-24(26)27)21(12-16)36(33)30-9-7-18(8-10-30)31-23(32)22(25)19(14-29-31)28-13-17-4-3-11-34-15-17/h5-6,12,14,17-18,24,28H,2-4,7-11,13,15H2,1H3/t17-/m1/s1. The number of nitrogens with one attached hydrogen (secondary N) is 1. The number of aryl methyl sites for hydroxylation is 1. The second-order valence-electron chi connectivity index (χ2n) is 9.17. The van der Waals surface area contributed by atoms with E-state index in [0.29, 0.717) is 62.3 Å². The van der Waals surface area contributed by atoms with E-state index >= 15 is 0 Å². The maximum atomic E-state index is 13.3. The zero-order chi connectivity index (χ0) is 25.7. The van der Waals surface area contributed by atoms with Gasteiger partial charge in [0.1, 0.15) is 10.8 Å². The average molecular weight is 541 g/mol. The maximum Gasteiger partial charge on any atom is 0.434 e. The molecule has 2 aliphatic heterocycles. The molecule has 4 rings (SSSR count). The molecule has 2 aromatic rings. The van der Waals surface area contributed by atoms with Crippen LogP contribution in [0.15, 0.2) is 29.2 Å². The minimum atomic E-state index is -2.99. The van der Waals surface area contributed by atoms with Crippen LogP contribution in [0.1, 0.15) is 44.2 Å². The van der Waals surface area contributed by atoms with Crippen molar-refractivity contribution < 1.29 is 22.7 Å². The van der Waals surface area contributed by atoms with Gasteiger partial charge in [0.25, 0.3) is 5.56 Å². The third kappa shape index (κ3) is 6.30. The summed E-state index contributed by atoms with van der Waals surface area (Å²) in [6.45, 7) is 1.95. The summed E-state index contributed by atoms with van der Waals surface area (Å²) in [6, 6.07) is 4.65. The molecular formula is C24H31ClF2N4O4Si. The summed E-state index contributed by atoms with van der Waals surface area (Å²) in [5.41, 5.74) is 1.04. The average Bonchev–Trinajstić information content (AvgIpc) is 2.90. The molecule has 3 heterocycles. The zero-order valence-corrected chi connectivity index (χ0v) is 22.0. The fraction of sp³-hybridized carbons (Fsp3) is 0.583. The lowest BCUT2D eigenvalue weighted by Gasteiger charge is -2.32. The number of ether oxygens (including phenoxy) is 2. The fourth-order valence-electron chi connectivity index (χ4n) is 4.70.